The Morgan fingerprint density at radius 3 is 1.91 bits per heavy atom. The van der Waals surface area contributed by atoms with Crippen LogP contribution in [0.15, 0.2) is 115 Å². The topological polar surface area (TPSA) is 102 Å². The molecule has 5 rings (SSSR count). The van der Waals surface area contributed by atoms with Crippen molar-refractivity contribution in [2.75, 3.05) is 0 Å². The number of amides is 2. The van der Waals surface area contributed by atoms with Gasteiger partial charge >= 0.3 is 6.09 Å². The number of nitro groups is 1. The summed E-state index contributed by atoms with van der Waals surface area (Å²) >= 11 is 1.67. The maximum Gasteiger partial charge on any atom is 0.408 e. The van der Waals surface area contributed by atoms with Gasteiger partial charge in [0.05, 0.1) is 9.67 Å². The lowest BCUT2D eigenvalue weighted by atomic mass is 9.84. The maximum atomic E-state index is 13.9. The van der Waals surface area contributed by atoms with Gasteiger partial charge in [0, 0.05) is 12.1 Å². The number of nitrogens with one attached hydrogen (secondary N) is 1. The number of hydrogen-bond donors (Lipinski definition) is 1. The first-order valence-electron chi connectivity index (χ1n) is 15.3. The number of carbonyl (C=O) groups excluding carboxylic acids is 2. The lowest BCUT2D eigenvalue weighted by Crippen LogP contribution is -2.71. The number of hydrogen-bond acceptors (Lipinski definition) is 6. The van der Waals surface area contributed by atoms with Gasteiger partial charge in [0.1, 0.15) is 27.7 Å². The van der Waals surface area contributed by atoms with Crippen LogP contribution in [0.4, 0.5) is 10.5 Å². The molecule has 4 aromatic rings. The van der Waals surface area contributed by atoms with E-state index in [-0.39, 0.29) is 29.0 Å². The van der Waals surface area contributed by atoms with Crippen LogP contribution in [0.25, 0.3) is 0 Å². The average molecular weight is 654 g/mol. The largest absolute Gasteiger partial charge is 0.445 e. The summed E-state index contributed by atoms with van der Waals surface area (Å²) in [7, 11) is -1.09. The Bertz CT molecular complexity index is 1570. The molecule has 0 saturated carbocycles. The monoisotopic (exact) mass is 653 g/mol. The fraction of sp³-hybridized carbons (Fsp3) is 0.278. The number of ether oxygens (including phenoxy) is 1. The minimum atomic E-state index is -1.09. The zero-order valence-corrected chi connectivity index (χ0v) is 28.7. The van der Waals surface area contributed by atoms with Crippen LogP contribution in [0, 0.1) is 15.5 Å². The van der Waals surface area contributed by atoms with Gasteiger partial charge in [0.25, 0.3) is 5.69 Å². The van der Waals surface area contributed by atoms with E-state index in [2.05, 4.69) is 69.4 Å². The van der Waals surface area contributed by atoms with E-state index in [0.29, 0.717) is 11.1 Å². The predicted octanol–water partition coefficient (Wildman–Crippen LogP) is 7.02. The van der Waals surface area contributed by atoms with Crippen molar-refractivity contribution in [3.63, 3.8) is 0 Å². The molecule has 0 aliphatic carbocycles. The Morgan fingerprint density at radius 1 is 0.913 bits per heavy atom. The molecule has 1 fully saturated rings. The lowest BCUT2D eigenvalue weighted by molar-refractivity contribution is -0.384. The molecule has 3 atom stereocenters. The first kappa shape index (κ1) is 33.0. The summed E-state index contributed by atoms with van der Waals surface area (Å²) in [6, 6.07) is 36.0. The van der Waals surface area contributed by atoms with Crippen molar-refractivity contribution in [1.82, 2.24) is 9.88 Å². The Hall–Kier alpha value is -4.41. The van der Waals surface area contributed by atoms with Gasteiger partial charge in [-0.15, -0.1) is 11.8 Å². The molecular weight excluding hydrogens is 615 g/mol. The van der Waals surface area contributed by atoms with Gasteiger partial charge in [-0.25, -0.2) is 4.79 Å². The second-order valence-corrected chi connectivity index (χ2v) is 16.3. The molecule has 0 bridgehead atoms. The third kappa shape index (κ3) is 7.03. The van der Waals surface area contributed by atoms with Crippen molar-refractivity contribution in [2.45, 2.75) is 56.0 Å². The van der Waals surface area contributed by atoms with E-state index in [1.807, 2.05) is 59.2 Å². The van der Waals surface area contributed by atoms with E-state index in [4.69, 9.17) is 4.74 Å². The fourth-order valence-corrected chi connectivity index (χ4v) is 9.68. The fourth-order valence-electron chi connectivity index (χ4n) is 5.53. The number of rotatable bonds is 11. The van der Waals surface area contributed by atoms with Crippen LogP contribution in [-0.4, -0.2) is 42.6 Å². The molecular formula is C36H39N3O5SSi. The normalized spacial score (nSPS) is 17.4. The second kappa shape index (κ2) is 13.9. The molecule has 0 spiro atoms. The van der Waals surface area contributed by atoms with E-state index < -0.39 is 31.5 Å². The van der Waals surface area contributed by atoms with Crippen molar-refractivity contribution in [3.05, 3.63) is 148 Å². The first-order chi connectivity index (χ1) is 22.0. The van der Waals surface area contributed by atoms with Crippen molar-refractivity contribution >= 4 is 39.1 Å². The predicted molar refractivity (Wildman–Crippen MR) is 185 cm³/mol. The van der Waals surface area contributed by atoms with Gasteiger partial charge in [-0.05, 0) is 33.2 Å². The number of non-ortho nitro benzene ring substituents is 1. The number of thioether (sulfide) groups is 1. The zero-order chi connectivity index (χ0) is 32.9. The molecule has 0 radical (unpaired) electrons. The summed E-state index contributed by atoms with van der Waals surface area (Å²) in [6.45, 7) is 8.63. The Morgan fingerprint density at radius 2 is 1.43 bits per heavy atom. The molecule has 4 aromatic carbocycles. The molecule has 8 nitrogen and oxygen atoms in total. The summed E-state index contributed by atoms with van der Waals surface area (Å²) in [6.07, 6.45) is -0.745. The van der Waals surface area contributed by atoms with Crippen LogP contribution < -0.4 is 5.32 Å². The van der Waals surface area contributed by atoms with Gasteiger partial charge in [0.2, 0.25) is 5.91 Å². The van der Waals surface area contributed by atoms with Crippen LogP contribution in [0.5, 0.6) is 0 Å². The van der Waals surface area contributed by atoms with Gasteiger partial charge in [-0.3, -0.25) is 14.9 Å². The van der Waals surface area contributed by atoms with Crippen LogP contribution in [-0.2, 0) is 20.9 Å². The maximum absolute atomic E-state index is 13.9. The van der Waals surface area contributed by atoms with Crippen molar-refractivity contribution in [1.29, 1.82) is 0 Å². The first-order valence-corrected chi connectivity index (χ1v) is 17.6. The lowest BCUT2D eigenvalue weighted by Gasteiger charge is -2.52. The quantitative estimate of drug-likeness (QED) is 0.0614. The molecule has 46 heavy (non-hydrogen) atoms. The number of carbonyl (C=O) groups is 2. The van der Waals surface area contributed by atoms with Crippen molar-refractivity contribution < 1.29 is 19.2 Å². The molecule has 1 aliphatic rings. The van der Waals surface area contributed by atoms with E-state index in [1.165, 1.54) is 12.1 Å². The Kier molecular flexibility index (Phi) is 9.98. The number of β-lactam (4-membered cyclic amide) rings is 1. The number of benzene rings is 4. The molecule has 238 valence electrons. The smallest absolute Gasteiger partial charge is 0.408 e. The minimum Gasteiger partial charge on any atom is -0.445 e. The summed E-state index contributed by atoms with van der Waals surface area (Å²) in [4.78, 5) is 37.7. The highest BCUT2D eigenvalue weighted by Crippen LogP contribution is 2.53. The van der Waals surface area contributed by atoms with Gasteiger partial charge < -0.3 is 14.6 Å². The molecule has 1 aliphatic heterocycles. The van der Waals surface area contributed by atoms with Crippen LogP contribution in [0.1, 0.15) is 49.9 Å². The summed E-state index contributed by atoms with van der Waals surface area (Å²) < 4.78 is 6.79. The summed E-state index contributed by atoms with van der Waals surface area (Å²) in [5, 5.41) is 13.7. The molecule has 0 aromatic heterocycles. The average Bonchev–Trinajstić information content (AvgIpc) is 3.07. The van der Waals surface area contributed by atoms with Gasteiger partial charge in [-0.2, -0.15) is 0 Å². The number of alkyl carbamates (subject to hydrolysis) is 1. The number of nitrogens with zero attached hydrogens (tertiary/aromatic N) is 2. The Labute approximate surface area is 276 Å². The van der Waals surface area contributed by atoms with Crippen LogP contribution >= 0.6 is 11.8 Å². The SMILES string of the molecule is CC([SiH2]N1C(=O)[C@@H](NC(=O)OCc2cccc([N+](=O)[O-])c2)[C@H]1SC(c1ccccc1)(c1ccccc1)c1ccccc1)C(C)(C)C. The van der Waals surface area contributed by atoms with Crippen molar-refractivity contribution in [2.24, 2.45) is 5.41 Å². The molecule has 10 heteroatoms. The minimum absolute atomic E-state index is 0.0207. The molecule has 1 saturated heterocycles. The second-order valence-electron chi connectivity index (χ2n) is 12.7. The number of nitro benzene ring substituents is 1. The highest BCUT2D eigenvalue weighted by Gasteiger charge is 2.54. The third-order valence-electron chi connectivity index (χ3n) is 8.69. The summed E-state index contributed by atoms with van der Waals surface area (Å²) in [5.41, 5.74) is 3.94. The van der Waals surface area contributed by atoms with E-state index in [9.17, 15) is 19.7 Å². The Balaban J connectivity index is 1.50. The zero-order valence-electron chi connectivity index (χ0n) is 26.5. The van der Waals surface area contributed by atoms with E-state index in [1.54, 1.807) is 23.9 Å². The van der Waals surface area contributed by atoms with Crippen LogP contribution in [0.2, 0.25) is 5.54 Å². The van der Waals surface area contributed by atoms with E-state index in [0.717, 1.165) is 16.7 Å². The van der Waals surface area contributed by atoms with Crippen molar-refractivity contribution in [3.8, 4) is 0 Å². The summed E-state index contributed by atoms with van der Waals surface area (Å²) in [5.74, 6) is -0.115. The van der Waals surface area contributed by atoms with Crippen LogP contribution in [0.3, 0.4) is 0 Å². The highest BCUT2D eigenvalue weighted by molar-refractivity contribution is 8.01. The molecule has 1 N–H and O–H groups in total. The van der Waals surface area contributed by atoms with E-state index >= 15 is 0 Å². The van der Waals surface area contributed by atoms with Gasteiger partial charge in [-0.1, -0.05) is 131 Å². The third-order valence-corrected chi connectivity index (χ3v) is 13.7. The standard InChI is InChI=1S/C36H39N3O5SSi/c1-25(35(2,3)4)46-38-32(40)31(37-34(41)44-24-26-15-14-22-30(23-26)39(42)43)33(38)45-36(27-16-8-5-9-17-27,28-18-10-6-11-19-28)29-20-12-7-13-21-29/h5-23,25,31,33H,24,46H2,1-4H3,(H,37,41)/t25?,31-,33-/m1/s1. The molecule has 1 unspecified atom stereocenters. The highest BCUT2D eigenvalue weighted by atomic mass is 32.2. The molecule has 2 amide bonds. The molecule has 1 heterocycles. The van der Waals surface area contributed by atoms with Gasteiger partial charge in [0.15, 0.2) is 0 Å².